The summed E-state index contributed by atoms with van der Waals surface area (Å²) >= 11 is 0. The number of rotatable bonds is 14. The van der Waals surface area contributed by atoms with Crippen LogP contribution in [0.1, 0.15) is 37.1 Å². The molecule has 4 rings (SSSR count). The van der Waals surface area contributed by atoms with Crippen LogP contribution in [0.15, 0.2) is 18.5 Å². The van der Waals surface area contributed by atoms with E-state index in [1.54, 1.807) is 9.36 Å². The monoisotopic (exact) mass is 486 g/mol. The second kappa shape index (κ2) is 12.9. The first kappa shape index (κ1) is 24.8. The lowest BCUT2D eigenvalue weighted by Gasteiger charge is -2.24. The maximum absolute atomic E-state index is 8.99. The SMILES string of the molecule is OCCCn1cc(CNc2cc(NC3CCNCC3)nc(NCc3cn(CCCO)nn3)n2)nn1. The molecule has 0 atom stereocenters. The van der Waals surface area contributed by atoms with Gasteiger partial charge in [-0.15, -0.1) is 10.2 Å². The molecule has 0 bridgehead atoms. The van der Waals surface area contributed by atoms with Gasteiger partial charge in [0.25, 0.3) is 0 Å². The average Bonchev–Trinajstić information content (AvgIpc) is 3.53. The van der Waals surface area contributed by atoms with E-state index in [4.69, 9.17) is 10.2 Å². The molecule has 0 aliphatic carbocycles. The van der Waals surface area contributed by atoms with E-state index < -0.39 is 0 Å². The van der Waals surface area contributed by atoms with Crippen LogP contribution in [0, 0.1) is 0 Å². The van der Waals surface area contributed by atoms with Gasteiger partial charge < -0.3 is 31.5 Å². The van der Waals surface area contributed by atoms with Crippen LogP contribution in [0.4, 0.5) is 17.6 Å². The number of hydrogen-bond donors (Lipinski definition) is 6. The maximum atomic E-state index is 8.99. The lowest BCUT2D eigenvalue weighted by molar-refractivity contribution is 0.276. The van der Waals surface area contributed by atoms with E-state index in [1.807, 2.05) is 18.5 Å². The average molecular weight is 487 g/mol. The second-order valence-electron chi connectivity index (χ2n) is 8.44. The summed E-state index contributed by atoms with van der Waals surface area (Å²) in [4.78, 5) is 9.26. The van der Waals surface area contributed by atoms with Crippen LogP contribution in [0.25, 0.3) is 0 Å². The van der Waals surface area contributed by atoms with E-state index in [0.717, 1.165) is 43.1 Å². The Morgan fingerprint density at radius 3 is 2.09 bits per heavy atom. The van der Waals surface area contributed by atoms with Crippen LogP contribution in [0.3, 0.4) is 0 Å². The highest BCUT2D eigenvalue weighted by molar-refractivity contribution is 5.52. The summed E-state index contributed by atoms with van der Waals surface area (Å²) < 4.78 is 3.43. The summed E-state index contributed by atoms with van der Waals surface area (Å²) in [6, 6.07) is 2.25. The normalized spacial score (nSPS) is 14.2. The Balaban J connectivity index is 1.41. The Bertz CT molecular complexity index is 964. The van der Waals surface area contributed by atoms with Crippen molar-refractivity contribution >= 4 is 17.6 Å². The minimum atomic E-state index is 0.118. The molecular formula is C21H34N12O2. The number of aliphatic hydroxyl groups is 2. The standard InChI is InChI=1S/C21H34N12O2/c34-9-1-7-32-14-17(28-30-32)12-23-19-11-20(25-16-3-5-22-6-4-16)27-21(26-19)24-13-18-15-33(31-29-18)8-2-10-35/h11,14-16,22,34-35H,1-10,12-13H2,(H3,23,24,25,26,27). The quantitative estimate of drug-likeness (QED) is 0.177. The van der Waals surface area contributed by atoms with Crippen LogP contribution in [-0.2, 0) is 26.2 Å². The highest BCUT2D eigenvalue weighted by Gasteiger charge is 2.15. The van der Waals surface area contributed by atoms with Gasteiger partial charge in [-0.3, -0.25) is 9.36 Å². The molecule has 1 aliphatic rings. The molecule has 4 heterocycles. The fraction of sp³-hybridized carbons (Fsp3) is 0.619. The summed E-state index contributed by atoms with van der Waals surface area (Å²) in [6.45, 7) is 4.33. The first-order valence-electron chi connectivity index (χ1n) is 12.1. The van der Waals surface area contributed by atoms with E-state index in [2.05, 4.69) is 51.9 Å². The van der Waals surface area contributed by atoms with Crippen molar-refractivity contribution in [1.29, 1.82) is 0 Å². The highest BCUT2D eigenvalue weighted by atomic mass is 16.3. The predicted molar refractivity (Wildman–Crippen MR) is 130 cm³/mol. The van der Waals surface area contributed by atoms with Gasteiger partial charge in [0.15, 0.2) is 0 Å². The van der Waals surface area contributed by atoms with Crippen LogP contribution in [0.2, 0.25) is 0 Å². The largest absolute Gasteiger partial charge is 0.396 e. The van der Waals surface area contributed by atoms with Crippen LogP contribution in [0.5, 0.6) is 0 Å². The van der Waals surface area contributed by atoms with Crippen molar-refractivity contribution < 1.29 is 10.2 Å². The second-order valence-corrected chi connectivity index (χ2v) is 8.44. The number of anilines is 3. The number of aryl methyl sites for hydroxylation is 2. The van der Waals surface area contributed by atoms with Gasteiger partial charge in [-0.2, -0.15) is 9.97 Å². The van der Waals surface area contributed by atoms with Crippen LogP contribution >= 0.6 is 0 Å². The zero-order valence-corrected chi connectivity index (χ0v) is 19.8. The fourth-order valence-corrected chi connectivity index (χ4v) is 3.74. The predicted octanol–water partition coefficient (Wildman–Crippen LogP) is -0.187. The van der Waals surface area contributed by atoms with Crippen LogP contribution < -0.4 is 21.3 Å². The van der Waals surface area contributed by atoms with E-state index in [0.29, 0.717) is 56.8 Å². The van der Waals surface area contributed by atoms with Gasteiger partial charge in [0.1, 0.15) is 23.0 Å². The van der Waals surface area contributed by atoms with Crippen molar-refractivity contribution in [3.05, 3.63) is 29.8 Å². The van der Waals surface area contributed by atoms with Gasteiger partial charge in [-0.05, 0) is 38.8 Å². The molecule has 3 aromatic heterocycles. The molecule has 1 saturated heterocycles. The molecule has 6 N–H and O–H groups in total. The molecule has 190 valence electrons. The Morgan fingerprint density at radius 1 is 0.857 bits per heavy atom. The first-order chi connectivity index (χ1) is 17.2. The number of piperidine rings is 1. The topological polar surface area (TPSA) is 176 Å². The number of nitrogens with one attached hydrogen (secondary N) is 4. The third-order valence-electron chi connectivity index (χ3n) is 5.56. The lowest BCUT2D eigenvalue weighted by Crippen LogP contribution is -2.35. The van der Waals surface area contributed by atoms with Crippen molar-refractivity contribution in [1.82, 2.24) is 45.3 Å². The van der Waals surface area contributed by atoms with E-state index >= 15 is 0 Å². The Hall–Kier alpha value is -3.36. The van der Waals surface area contributed by atoms with Gasteiger partial charge in [0, 0.05) is 38.4 Å². The van der Waals surface area contributed by atoms with E-state index in [1.165, 1.54) is 0 Å². The molecule has 3 aromatic rings. The molecule has 1 aliphatic heterocycles. The van der Waals surface area contributed by atoms with Crippen molar-refractivity contribution in [2.45, 2.75) is 57.9 Å². The molecule has 0 unspecified atom stereocenters. The molecule has 0 radical (unpaired) electrons. The van der Waals surface area contributed by atoms with E-state index in [9.17, 15) is 0 Å². The smallest absolute Gasteiger partial charge is 0.226 e. The zero-order valence-electron chi connectivity index (χ0n) is 19.8. The summed E-state index contributed by atoms with van der Waals surface area (Å²) in [6.07, 6.45) is 7.04. The van der Waals surface area contributed by atoms with Gasteiger partial charge in [0.2, 0.25) is 5.95 Å². The number of aromatic nitrogens is 8. The van der Waals surface area contributed by atoms with Crippen molar-refractivity contribution in [2.75, 3.05) is 42.3 Å². The minimum absolute atomic E-state index is 0.118. The molecule has 0 saturated carbocycles. The summed E-state index contributed by atoms with van der Waals surface area (Å²) in [7, 11) is 0. The number of aliphatic hydroxyl groups excluding tert-OH is 2. The third-order valence-corrected chi connectivity index (χ3v) is 5.56. The van der Waals surface area contributed by atoms with Crippen molar-refractivity contribution in [3.63, 3.8) is 0 Å². The lowest BCUT2D eigenvalue weighted by atomic mass is 10.1. The van der Waals surface area contributed by atoms with Gasteiger partial charge in [-0.25, -0.2) is 0 Å². The number of hydrogen-bond acceptors (Lipinski definition) is 12. The maximum Gasteiger partial charge on any atom is 0.226 e. The van der Waals surface area contributed by atoms with Crippen LogP contribution in [-0.4, -0.2) is 82.5 Å². The molecule has 0 amide bonds. The minimum Gasteiger partial charge on any atom is -0.396 e. The summed E-state index contributed by atoms with van der Waals surface area (Å²) in [5.41, 5.74) is 1.54. The highest BCUT2D eigenvalue weighted by Crippen LogP contribution is 2.18. The number of nitrogens with zero attached hydrogens (tertiary/aromatic N) is 8. The molecular weight excluding hydrogens is 452 g/mol. The third kappa shape index (κ3) is 7.83. The van der Waals surface area contributed by atoms with Gasteiger partial charge in [-0.1, -0.05) is 10.4 Å². The summed E-state index contributed by atoms with van der Waals surface area (Å²) in [5.74, 6) is 1.88. The molecule has 14 nitrogen and oxygen atoms in total. The molecule has 1 fully saturated rings. The van der Waals surface area contributed by atoms with Crippen molar-refractivity contribution in [2.24, 2.45) is 0 Å². The summed E-state index contributed by atoms with van der Waals surface area (Å²) in [5, 5.41) is 47.9. The zero-order chi connectivity index (χ0) is 24.3. The fourth-order valence-electron chi connectivity index (χ4n) is 3.74. The molecule has 14 heteroatoms. The molecule has 35 heavy (non-hydrogen) atoms. The van der Waals surface area contributed by atoms with E-state index in [-0.39, 0.29) is 13.2 Å². The van der Waals surface area contributed by atoms with Gasteiger partial charge >= 0.3 is 0 Å². The Kier molecular flexibility index (Phi) is 9.14. The van der Waals surface area contributed by atoms with Crippen molar-refractivity contribution in [3.8, 4) is 0 Å². The molecule has 0 spiro atoms. The van der Waals surface area contributed by atoms with Gasteiger partial charge in [0.05, 0.1) is 25.5 Å². The first-order valence-corrected chi connectivity index (χ1v) is 12.1. The Labute approximate surface area is 203 Å². The molecule has 0 aromatic carbocycles. The Morgan fingerprint density at radius 2 is 1.46 bits per heavy atom.